The number of rotatable bonds is 7. The van der Waals surface area contributed by atoms with E-state index in [0.29, 0.717) is 6.42 Å². The first kappa shape index (κ1) is 15.7. The Bertz CT molecular complexity index is 301. The van der Waals surface area contributed by atoms with E-state index in [2.05, 4.69) is 10.2 Å². The van der Waals surface area contributed by atoms with Crippen LogP contribution in [0.25, 0.3) is 0 Å². The van der Waals surface area contributed by atoms with E-state index in [0.717, 1.165) is 32.2 Å². The quantitative estimate of drug-likeness (QED) is 0.548. The molecule has 19 heavy (non-hydrogen) atoms. The average molecular weight is 273 g/mol. The lowest BCUT2D eigenvalue weighted by Crippen LogP contribution is -2.39. The standard InChI is InChI=1S/C12H23N3O4/c1-14(2)8-7-12(16)13-11-5-3-10(4-6-11)9-19-15(17)18/h10-11H,3-9H2,1-2H3,(H,13,16)/t10-,11+. The molecule has 0 radical (unpaired) electrons. The van der Waals surface area contributed by atoms with Crippen LogP contribution in [0, 0.1) is 16.0 Å². The highest BCUT2D eigenvalue weighted by atomic mass is 16.9. The second kappa shape index (κ2) is 7.93. The zero-order chi connectivity index (χ0) is 14.3. The topological polar surface area (TPSA) is 84.7 Å². The number of carbonyl (C=O) groups is 1. The molecule has 0 aromatic heterocycles. The second-order valence-corrected chi connectivity index (χ2v) is 5.36. The molecule has 0 bridgehead atoms. The lowest BCUT2D eigenvalue weighted by Gasteiger charge is -2.28. The van der Waals surface area contributed by atoms with E-state index in [1.807, 2.05) is 19.0 Å². The van der Waals surface area contributed by atoms with Gasteiger partial charge in [-0.1, -0.05) is 0 Å². The Morgan fingerprint density at radius 3 is 2.53 bits per heavy atom. The molecule has 110 valence electrons. The Balaban J connectivity index is 2.15. The summed E-state index contributed by atoms with van der Waals surface area (Å²) in [4.78, 5) is 28.1. The van der Waals surface area contributed by atoms with Crippen molar-refractivity contribution in [2.24, 2.45) is 5.92 Å². The Hall–Kier alpha value is -1.37. The van der Waals surface area contributed by atoms with Gasteiger partial charge in [0.2, 0.25) is 5.91 Å². The van der Waals surface area contributed by atoms with Crippen molar-refractivity contribution in [3.05, 3.63) is 10.1 Å². The SMILES string of the molecule is CN(C)CCC(=O)N[C@H]1CC[C@@H](CO[N+](=O)[O-])CC1. The number of hydrogen-bond acceptors (Lipinski definition) is 5. The summed E-state index contributed by atoms with van der Waals surface area (Å²) in [5.41, 5.74) is 0. The van der Waals surface area contributed by atoms with Gasteiger partial charge in [-0.3, -0.25) is 4.79 Å². The maximum atomic E-state index is 11.7. The van der Waals surface area contributed by atoms with E-state index in [-0.39, 0.29) is 24.5 Å². The molecule has 0 aromatic rings. The molecule has 0 heterocycles. The van der Waals surface area contributed by atoms with Crippen molar-refractivity contribution in [1.29, 1.82) is 0 Å². The molecule has 0 aliphatic heterocycles. The predicted octanol–water partition coefficient (Wildman–Crippen LogP) is 0.821. The van der Waals surface area contributed by atoms with Crippen LogP contribution in [0.1, 0.15) is 32.1 Å². The van der Waals surface area contributed by atoms with Crippen LogP contribution in [0.5, 0.6) is 0 Å². The normalized spacial score (nSPS) is 23.1. The van der Waals surface area contributed by atoms with E-state index in [4.69, 9.17) is 0 Å². The fourth-order valence-electron chi connectivity index (χ4n) is 2.26. The minimum Gasteiger partial charge on any atom is -0.353 e. The second-order valence-electron chi connectivity index (χ2n) is 5.36. The van der Waals surface area contributed by atoms with Crippen molar-refractivity contribution in [3.63, 3.8) is 0 Å². The number of nitrogens with one attached hydrogen (secondary N) is 1. The van der Waals surface area contributed by atoms with E-state index >= 15 is 0 Å². The predicted molar refractivity (Wildman–Crippen MR) is 70.0 cm³/mol. The van der Waals surface area contributed by atoms with Gasteiger partial charge in [0.15, 0.2) is 0 Å². The smallest absolute Gasteiger partial charge is 0.294 e. The Morgan fingerprint density at radius 1 is 1.37 bits per heavy atom. The van der Waals surface area contributed by atoms with Crippen LogP contribution >= 0.6 is 0 Å². The van der Waals surface area contributed by atoms with Gasteiger partial charge in [-0.05, 0) is 45.7 Å². The molecule has 7 nitrogen and oxygen atoms in total. The lowest BCUT2D eigenvalue weighted by atomic mass is 9.86. The monoisotopic (exact) mass is 273 g/mol. The van der Waals surface area contributed by atoms with Gasteiger partial charge >= 0.3 is 0 Å². The molecule has 1 saturated carbocycles. The Morgan fingerprint density at radius 2 is 2.00 bits per heavy atom. The lowest BCUT2D eigenvalue weighted by molar-refractivity contribution is -0.759. The van der Waals surface area contributed by atoms with Crippen molar-refractivity contribution >= 4 is 5.91 Å². The molecule has 1 aliphatic rings. The third kappa shape index (κ3) is 6.95. The van der Waals surface area contributed by atoms with Crippen LogP contribution in [0.4, 0.5) is 0 Å². The van der Waals surface area contributed by atoms with Crippen LogP contribution in [0.15, 0.2) is 0 Å². The highest BCUT2D eigenvalue weighted by Gasteiger charge is 2.23. The van der Waals surface area contributed by atoms with Gasteiger partial charge < -0.3 is 15.1 Å². The fraction of sp³-hybridized carbons (Fsp3) is 0.917. The van der Waals surface area contributed by atoms with Gasteiger partial charge in [0.1, 0.15) is 0 Å². The number of carbonyl (C=O) groups excluding carboxylic acids is 1. The summed E-state index contributed by atoms with van der Waals surface area (Å²) in [6.45, 7) is 0.923. The summed E-state index contributed by atoms with van der Waals surface area (Å²) in [6, 6.07) is 0.210. The van der Waals surface area contributed by atoms with E-state index in [1.54, 1.807) is 0 Å². The molecule has 1 fully saturated rings. The molecule has 0 saturated heterocycles. The first-order chi connectivity index (χ1) is 8.97. The summed E-state index contributed by atoms with van der Waals surface area (Å²) in [5, 5.41) is 12.4. The zero-order valence-corrected chi connectivity index (χ0v) is 11.6. The van der Waals surface area contributed by atoms with Crippen molar-refractivity contribution in [1.82, 2.24) is 10.2 Å². The summed E-state index contributed by atoms with van der Waals surface area (Å²) >= 11 is 0. The van der Waals surface area contributed by atoms with Crippen LogP contribution in [-0.2, 0) is 9.63 Å². The van der Waals surface area contributed by atoms with Gasteiger partial charge in [-0.2, -0.15) is 0 Å². The molecule has 1 N–H and O–H groups in total. The summed E-state index contributed by atoms with van der Waals surface area (Å²) < 4.78 is 0. The molecule has 1 amide bonds. The van der Waals surface area contributed by atoms with Gasteiger partial charge in [-0.25, -0.2) is 0 Å². The molecule has 0 unspecified atom stereocenters. The maximum absolute atomic E-state index is 11.7. The van der Waals surface area contributed by atoms with E-state index in [1.165, 1.54) is 0 Å². The molecular weight excluding hydrogens is 250 g/mol. The molecule has 1 rings (SSSR count). The molecular formula is C12H23N3O4. The van der Waals surface area contributed by atoms with Crippen LogP contribution in [0.3, 0.4) is 0 Å². The molecule has 7 heteroatoms. The summed E-state index contributed by atoms with van der Waals surface area (Å²) in [5.74, 6) is 0.319. The van der Waals surface area contributed by atoms with Crippen LogP contribution in [0.2, 0.25) is 0 Å². The van der Waals surface area contributed by atoms with Crippen molar-refractivity contribution in [3.8, 4) is 0 Å². The van der Waals surface area contributed by atoms with Crippen molar-refractivity contribution in [2.45, 2.75) is 38.1 Å². The first-order valence-electron chi connectivity index (χ1n) is 6.68. The molecule has 1 aliphatic carbocycles. The molecule has 0 spiro atoms. The van der Waals surface area contributed by atoms with Crippen LogP contribution in [-0.4, -0.2) is 49.2 Å². The van der Waals surface area contributed by atoms with Crippen molar-refractivity contribution < 1.29 is 14.7 Å². The molecule has 0 atom stereocenters. The van der Waals surface area contributed by atoms with E-state index in [9.17, 15) is 14.9 Å². The Labute approximate surface area is 113 Å². The van der Waals surface area contributed by atoms with Gasteiger partial charge in [0.05, 0.1) is 6.61 Å². The number of nitrogens with zero attached hydrogens (tertiary/aromatic N) is 2. The third-order valence-corrected chi connectivity index (χ3v) is 3.41. The highest BCUT2D eigenvalue weighted by molar-refractivity contribution is 5.76. The minimum atomic E-state index is -0.741. The third-order valence-electron chi connectivity index (χ3n) is 3.41. The zero-order valence-electron chi connectivity index (χ0n) is 11.6. The largest absolute Gasteiger partial charge is 0.353 e. The van der Waals surface area contributed by atoms with Crippen LogP contribution < -0.4 is 5.32 Å². The van der Waals surface area contributed by atoms with E-state index < -0.39 is 5.09 Å². The summed E-state index contributed by atoms with van der Waals surface area (Å²) in [7, 11) is 3.88. The Kier molecular flexibility index (Phi) is 6.55. The van der Waals surface area contributed by atoms with Gasteiger partial charge in [0.25, 0.3) is 5.09 Å². The number of amides is 1. The average Bonchev–Trinajstić information content (AvgIpc) is 2.35. The van der Waals surface area contributed by atoms with Crippen molar-refractivity contribution in [2.75, 3.05) is 27.2 Å². The first-order valence-corrected chi connectivity index (χ1v) is 6.68. The summed E-state index contributed by atoms with van der Waals surface area (Å²) in [6.07, 6.45) is 4.00. The van der Waals surface area contributed by atoms with Gasteiger partial charge in [-0.15, -0.1) is 10.1 Å². The fourth-order valence-corrected chi connectivity index (χ4v) is 2.26. The number of hydrogen-bond donors (Lipinski definition) is 1. The molecule has 0 aromatic carbocycles. The highest BCUT2D eigenvalue weighted by Crippen LogP contribution is 2.24. The minimum absolute atomic E-state index is 0.0821. The maximum Gasteiger partial charge on any atom is 0.294 e. The van der Waals surface area contributed by atoms with Gasteiger partial charge in [0, 0.05) is 19.0 Å².